The van der Waals surface area contributed by atoms with Gasteiger partial charge in [0, 0.05) is 12.8 Å². The molecule has 0 bridgehead atoms. The monoisotopic (exact) mass is 539 g/mol. The summed E-state index contributed by atoms with van der Waals surface area (Å²) in [6.45, 7) is 4.73. The predicted octanol–water partition coefficient (Wildman–Crippen LogP) is 1.08. The summed E-state index contributed by atoms with van der Waals surface area (Å²) in [6, 6.07) is 3.71. The molecule has 1 fully saturated rings. The average Bonchev–Trinajstić information content (AvgIpc) is 2.65. The van der Waals surface area contributed by atoms with Crippen LogP contribution >= 0.6 is 0 Å². The molecule has 0 spiro atoms. The Labute approximate surface area is 192 Å². The van der Waals surface area contributed by atoms with E-state index in [0.29, 0.717) is 0 Å². The molecule has 0 saturated heterocycles. The number of ether oxygens (including phenoxy) is 2. The molecule has 2 rings (SSSR count). The predicted molar refractivity (Wildman–Crippen MR) is 112 cm³/mol. The smallest absolute Gasteiger partial charge is 0.320 e. The zero-order valence-corrected chi connectivity index (χ0v) is 20.3. The van der Waals surface area contributed by atoms with E-state index in [1.807, 2.05) is 0 Å². The van der Waals surface area contributed by atoms with Crippen LogP contribution in [0.4, 0.5) is 14.5 Å². The summed E-state index contributed by atoms with van der Waals surface area (Å²) in [7, 11) is 0. The molecule has 186 valence electrons. The van der Waals surface area contributed by atoms with Gasteiger partial charge in [-0.25, -0.2) is 8.78 Å². The normalized spacial score (nSPS) is 15.0. The van der Waals surface area contributed by atoms with Crippen LogP contribution in [0.15, 0.2) is 18.2 Å². The van der Waals surface area contributed by atoms with Crippen molar-refractivity contribution in [2.24, 2.45) is 11.8 Å². The Hall–Kier alpha value is -2.43. The fraction of sp³-hybridized carbons (Fsp3) is 0.550. The third kappa shape index (κ3) is 9.15. The third-order valence-corrected chi connectivity index (χ3v) is 6.62. The first-order valence-corrected chi connectivity index (χ1v) is 13.5. The van der Waals surface area contributed by atoms with Crippen LogP contribution in [0.5, 0.6) is 5.75 Å². The standard InChI is InChI=1S/C12H18F2O4.C8H10AsNO5/c1-3-17-10(15)9(11(16)18-4-2)5-8-6-12(13,14)7-8;1-5(11)10-8-6(9(13,14)15)3-2-4-7(8)12/h8-9H,3-7H2,1-2H3;2-4,12H,1H3,(H,10,11)(H2,13,14,15). The Balaban J connectivity index is 0.000000335. The molecule has 0 aromatic heterocycles. The van der Waals surface area contributed by atoms with Gasteiger partial charge in [0.2, 0.25) is 5.92 Å². The van der Waals surface area contributed by atoms with Gasteiger partial charge in [0.15, 0.2) is 5.92 Å². The number of hydrogen-bond donors (Lipinski definition) is 4. The Kier molecular flexibility index (Phi) is 10.5. The number of benzene rings is 1. The number of para-hydroxylation sites is 1. The van der Waals surface area contributed by atoms with Crippen molar-refractivity contribution in [3.8, 4) is 5.75 Å². The van der Waals surface area contributed by atoms with E-state index in [2.05, 4.69) is 5.32 Å². The summed E-state index contributed by atoms with van der Waals surface area (Å²) >= 11 is -5.14. The van der Waals surface area contributed by atoms with E-state index in [9.17, 15) is 32.0 Å². The number of rotatable bonds is 8. The number of phenolic OH excluding ortho intramolecular Hbond substituents is 1. The molecular formula is C20H28AsF2NO9. The van der Waals surface area contributed by atoms with Crippen molar-refractivity contribution in [3.63, 3.8) is 0 Å². The summed E-state index contributed by atoms with van der Waals surface area (Å²) in [6.07, 6.45) is -0.474. The number of anilines is 1. The molecule has 0 aliphatic heterocycles. The van der Waals surface area contributed by atoms with Crippen molar-refractivity contribution < 1.29 is 49.7 Å². The zero-order chi connectivity index (χ0) is 25.4. The topological polar surface area (TPSA) is 159 Å². The summed E-state index contributed by atoms with van der Waals surface area (Å²) in [5.41, 5.74) is -0.225. The van der Waals surface area contributed by atoms with Gasteiger partial charge >= 0.3 is 100 Å². The molecule has 0 atom stereocenters. The molecule has 1 aromatic rings. The molecule has 0 radical (unpaired) electrons. The second-order valence-electron chi connectivity index (χ2n) is 7.32. The maximum atomic E-state index is 12.7. The van der Waals surface area contributed by atoms with E-state index in [4.69, 9.17) is 17.7 Å². The Morgan fingerprint density at radius 1 is 1.15 bits per heavy atom. The number of phenols is 1. The van der Waals surface area contributed by atoms with Gasteiger partial charge in [0.1, 0.15) is 0 Å². The van der Waals surface area contributed by atoms with Crippen molar-refractivity contribution >= 4 is 42.1 Å². The van der Waals surface area contributed by atoms with Crippen LogP contribution < -0.4 is 9.67 Å². The number of aromatic hydroxyl groups is 1. The number of carbonyl (C=O) groups excluding carboxylic acids is 3. The average molecular weight is 539 g/mol. The number of carbonyl (C=O) groups is 3. The van der Waals surface area contributed by atoms with Gasteiger partial charge in [0.05, 0.1) is 13.2 Å². The molecule has 1 amide bonds. The fourth-order valence-electron chi connectivity index (χ4n) is 3.13. The van der Waals surface area contributed by atoms with Gasteiger partial charge in [-0.3, -0.25) is 9.59 Å². The maximum absolute atomic E-state index is 12.7. The number of amides is 1. The molecule has 1 aliphatic carbocycles. The van der Waals surface area contributed by atoms with Crippen molar-refractivity contribution in [2.45, 2.75) is 46.0 Å². The second-order valence-corrected chi connectivity index (χ2v) is 10.6. The van der Waals surface area contributed by atoms with E-state index in [0.717, 1.165) is 0 Å². The van der Waals surface area contributed by atoms with Crippen LogP contribution in [-0.2, 0) is 27.6 Å². The first kappa shape index (κ1) is 28.6. The largest absolute Gasteiger partial charge is 0.465 e. The first-order valence-electron chi connectivity index (χ1n) is 10.1. The minimum absolute atomic E-state index is 0.0766. The van der Waals surface area contributed by atoms with Gasteiger partial charge in [-0.15, -0.1) is 0 Å². The quantitative estimate of drug-likeness (QED) is 0.164. The van der Waals surface area contributed by atoms with Gasteiger partial charge in [-0.1, -0.05) is 0 Å². The van der Waals surface area contributed by atoms with Crippen LogP contribution in [0.25, 0.3) is 0 Å². The minimum Gasteiger partial charge on any atom is -0.465 e. The number of halogens is 2. The number of hydrogen-bond acceptors (Lipinski definition) is 7. The summed E-state index contributed by atoms with van der Waals surface area (Å²) < 4.78 is 63.7. The Bertz CT molecular complexity index is 878. The van der Waals surface area contributed by atoms with Crippen molar-refractivity contribution in [1.29, 1.82) is 0 Å². The third-order valence-electron chi connectivity index (χ3n) is 4.52. The van der Waals surface area contributed by atoms with Gasteiger partial charge in [-0.2, -0.15) is 0 Å². The Morgan fingerprint density at radius 2 is 1.67 bits per heavy atom. The van der Waals surface area contributed by atoms with E-state index in [1.54, 1.807) is 13.8 Å². The molecule has 0 heterocycles. The van der Waals surface area contributed by atoms with Gasteiger partial charge in [0.25, 0.3) is 0 Å². The molecule has 10 nitrogen and oxygen atoms in total. The van der Waals surface area contributed by atoms with Crippen molar-refractivity contribution in [2.75, 3.05) is 18.5 Å². The van der Waals surface area contributed by atoms with Crippen LogP contribution in [0.3, 0.4) is 0 Å². The minimum atomic E-state index is -5.14. The molecule has 4 N–H and O–H groups in total. The van der Waals surface area contributed by atoms with Gasteiger partial charge in [-0.05, 0) is 26.2 Å². The van der Waals surface area contributed by atoms with E-state index < -0.39 is 43.9 Å². The zero-order valence-electron chi connectivity index (χ0n) is 18.4. The Morgan fingerprint density at radius 3 is 2.06 bits per heavy atom. The van der Waals surface area contributed by atoms with E-state index in [1.165, 1.54) is 25.1 Å². The SMILES string of the molecule is CC(=O)Nc1c(O)cccc1[As](=O)(O)O.CCOC(=O)C(CC1CC(F)(F)C1)C(=O)OCC. The van der Waals surface area contributed by atoms with Gasteiger partial charge < -0.3 is 9.47 Å². The van der Waals surface area contributed by atoms with Crippen molar-refractivity contribution in [3.05, 3.63) is 18.2 Å². The molecule has 1 aliphatic rings. The number of esters is 2. The summed E-state index contributed by atoms with van der Waals surface area (Å²) in [4.78, 5) is 33.9. The molecule has 33 heavy (non-hydrogen) atoms. The van der Waals surface area contributed by atoms with Crippen LogP contribution in [0.2, 0.25) is 0 Å². The van der Waals surface area contributed by atoms with E-state index >= 15 is 0 Å². The number of alkyl halides is 2. The maximum Gasteiger partial charge on any atom is 0.320 e. The molecular weight excluding hydrogens is 511 g/mol. The molecule has 1 saturated carbocycles. The van der Waals surface area contributed by atoms with Crippen LogP contribution in [-0.4, -0.2) is 64.5 Å². The summed E-state index contributed by atoms with van der Waals surface area (Å²) in [5.74, 6) is -6.31. The summed E-state index contributed by atoms with van der Waals surface area (Å²) in [5, 5.41) is 11.5. The van der Waals surface area contributed by atoms with Crippen molar-refractivity contribution in [1.82, 2.24) is 0 Å². The molecule has 0 unspecified atom stereocenters. The molecule has 13 heteroatoms. The number of nitrogens with one attached hydrogen (secondary N) is 1. The van der Waals surface area contributed by atoms with E-state index in [-0.39, 0.29) is 54.2 Å². The first-order chi connectivity index (χ1) is 15.2. The fourth-order valence-corrected chi connectivity index (χ4v) is 4.69. The molecule has 1 aromatic carbocycles. The van der Waals surface area contributed by atoms with Crippen LogP contribution in [0, 0.1) is 11.8 Å². The second kappa shape index (κ2) is 12.1. The van der Waals surface area contributed by atoms with Crippen LogP contribution in [0.1, 0.15) is 40.0 Å².